The quantitative estimate of drug-likeness (QED) is 0.832. The average molecular weight is 321 g/mol. The van der Waals surface area contributed by atoms with Crippen LogP contribution in [0.2, 0.25) is 0 Å². The summed E-state index contributed by atoms with van der Waals surface area (Å²) in [6.07, 6.45) is 5.74. The zero-order chi connectivity index (χ0) is 16.2. The molecule has 2 N–H and O–H groups in total. The maximum Gasteiger partial charge on any atom is 0.239 e. The first-order valence-electron chi connectivity index (χ1n) is 8.45. The summed E-state index contributed by atoms with van der Waals surface area (Å²) in [7, 11) is 1.93. The summed E-state index contributed by atoms with van der Waals surface area (Å²) in [6.45, 7) is 5.64. The summed E-state index contributed by atoms with van der Waals surface area (Å²) in [5, 5.41) is 4.20. The first kappa shape index (κ1) is 16.4. The minimum atomic E-state index is -0.372. The molecule has 0 radical (unpaired) electrons. The zero-order valence-electron chi connectivity index (χ0n) is 13.9. The molecule has 1 amide bonds. The van der Waals surface area contributed by atoms with Gasteiger partial charge in [0.05, 0.1) is 12.2 Å². The number of ether oxygens (including phenoxy) is 1. The third-order valence-corrected chi connectivity index (χ3v) is 4.91. The Kier molecular flexibility index (Phi) is 5.30. The molecule has 7 heteroatoms. The van der Waals surface area contributed by atoms with Crippen molar-refractivity contribution in [3.63, 3.8) is 0 Å². The first-order chi connectivity index (χ1) is 11.1. The van der Waals surface area contributed by atoms with Crippen LogP contribution in [0, 0.1) is 5.92 Å². The molecule has 23 heavy (non-hydrogen) atoms. The van der Waals surface area contributed by atoms with Crippen LogP contribution in [-0.4, -0.2) is 70.9 Å². The summed E-state index contributed by atoms with van der Waals surface area (Å²) in [4.78, 5) is 16.9. The second kappa shape index (κ2) is 7.42. The molecule has 1 aromatic heterocycles. The molecule has 0 aromatic carbocycles. The molecular formula is C16H27N5O2. The van der Waals surface area contributed by atoms with Gasteiger partial charge in [0.15, 0.2) is 0 Å². The lowest BCUT2D eigenvalue weighted by molar-refractivity contribution is -0.136. The normalized spacial score (nSPS) is 22.3. The molecule has 2 aliphatic heterocycles. The second-order valence-corrected chi connectivity index (χ2v) is 6.60. The third-order valence-electron chi connectivity index (χ3n) is 4.91. The Morgan fingerprint density at radius 3 is 2.65 bits per heavy atom. The molecule has 1 aromatic rings. The number of hydrogen-bond donors (Lipinski definition) is 1. The van der Waals surface area contributed by atoms with Crippen LogP contribution >= 0.6 is 0 Å². The Hall–Kier alpha value is -1.44. The van der Waals surface area contributed by atoms with E-state index in [0.717, 1.165) is 58.8 Å². The number of rotatable bonds is 4. The van der Waals surface area contributed by atoms with E-state index >= 15 is 0 Å². The molecule has 128 valence electrons. The van der Waals surface area contributed by atoms with E-state index in [9.17, 15) is 4.79 Å². The summed E-state index contributed by atoms with van der Waals surface area (Å²) in [6, 6.07) is -0.372. The van der Waals surface area contributed by atoms with Crippen LogP contribution in [0.15, 0.2) is 12.4 Å². The molecule has 0 bridgehead atoms. The summed E-state index contributed by atoms with van der Waals surface area (Å²) in [5.74, 6) is 0.377. The van der Waals surface area contributed by atoms with Gasteiger partial charge in [-0.05, 0) is 18.8 Å². The van der Waals surface area contributed by atoms with E-state index in [1.54, 1.807) is 0 Å². The molecule has 1 atom stereocenters. The third kappa shape index (κ3) is 4.10. The van der Waals surface area contributed by atoms with Gasteiger partial charge in [-0.3, -0.25) is 14.4 Å². The van der Waals surface area contributed by atoms with E-state index < -0.39 is 0 Å². The standard InChI is InChI=1S/C16H27N5O2/c1-19-11-13(10-18-19)12-20-4-6-21(7-5-20)16(22)15(17)14-2-8-23-9-3-14/h10-11,14-15H,2-9,12,17H2,1H3. The summed E-state index contributed by atoms with van der Waals surface area (Å²) in [5.41, 5.74) is 7.43. The van der Waals surface area contributed by atoms with Crippen molar-refractivity contribution < 1.29 is 9.53 Å². The molecule has 0 spiro atoms. The van der Waals surface area contributed by atoms with Crippen molar-refractivity contribution in [3.05, 3.63) is 18.0 Å². The van der Waals surface area contributed by atoms with E-state index in [1.165, 1.54) is 5.56 Å². The van der Waals surface area contributed by atoms with E-state index in [2.05, 4.69) is 10.00 Å². The fourth-order valence-electron chi connectivity index (χ4n) is 3.43. The van der Waals surface area contributed by atoms with Crippen molar-refractivity contribution in [1.82, 2.24) is 19.6 Å². The van der Waals surface area contributed by atoms with Gasteiger partial charge in [0.1, 0.15) is 0 Å². The fraction of sp³-hybridized carbons (Fsp3) is 0.750. The number of amides is 1. The number of aryl methyl sites for hydroxylation is 1. The van der Waals surface area contributed by atoms with E-state index in [1.807, 2.05) is 29.0 Å². The maximum absolute atomic E-state index is 12.6. The van der Waals surface area contributed by atoms with Crippen molar-refractivity contribution in [2.24, 2.45) is 18.7 Å². The lowest BCUT2D eigenvalue weighted by atomic mass is 9.91. The molecule has 2 fully saturated rings. The number of nitrogens with zero attached hydrogens (tertiary/aromatic N) is 4. The first-order valence-corrected chi connectivity index (χ1v) is 8.45. The molecule has 0 saturated carbocycles. The minimum absolute atomic E-state index is 0.109. The van der Waals surface area contributed by atoms with Gasteiger partial charge in [0.25, 0.3) is 0 Å². The van der Waals surface area contributed by atoms with Gasteiger partial charge in [-0.1, -0.05) is 0 Å². The molecule has 2 saturated heterocycles. The highest BCUT2D eigenvalue weighted by molar-refractivity contribution is 5.82. The molecule has 3 heterocycles. The highest BCUT2D eigenvalue weighted by Crippen LogP contribution is 2.19. The Balaban J connectivity index is 1.47. The molecule has 1 unspecified atom stereocenters. The van der Waals surface area contributed by atoms with Gasteiger partial charge < -0.3 is 15.4 Å². The van der Waals surface area contributed by atoms with Crippen molar-refractivity contribution in [1.29, 1.82) is 0 Å². The van der Waals surface area contributed by atoms with Crippen LogP contribution in [0.3, 0.4) is 0 Å². The summed E-state index contributed by atoms with van der Waals surface area (Å²) >= 11 is 0. The van der Waals surface area contributed by atoms with Crippen molar-refractivity contribution >= 4 is 5.91 Å². The van der Waals surface area contributed by atoms with Crippen LogP contribution in [0.25, 0.3) is 0 Å². The maximum atomic E-state index is 12.6. The number of piperazine rings is 1. The van der Waals surface area contributed by atoms with E-state index in [0.29, 0.717) is 0 Å². The number of aromatic nitrogens is 2. The van der Waals surface area contributed by atoms with Crippen LogP contribution in [0.1, 0.15) is 18.4 Å². The largest absolute Gasteiger partial charge is 0.381 e. The van der Waals surface area contributed by atoms with Gasteiger partial charge in [-0.2, -0.15) is 5.10 Å². The van der Waals surface area contributed by atoms with Gasteiger partial charge in [0.2, 0.25) is 5.91 Å². The smallest absolute Gasteiger partial charge is 0.239 e. The van der Waals surface area contributed by atoms with E-state index in [-0.39, 0.29) is 17.9 Å². The number of hydrogen-bond acceptors (Lipinski definition) is 5. The molecule has 3 rings (SSSR count). The SMILES string of the molecule is Cn1cc(CN2CCN(C(=O)C(N)C3CCOCC3)CC2)cn1. The Morgan fingerprint density at radius 1 is 1.35 bits per heavy atom. The number of carbonyl (C=O) groups is 1. The van der Waals surface area contributed by atoms with Crippen molar-refractivity contribution in [2.75, 3.05) is 39.4 Å². The zero-order valence-corrected chi connectivity index (χ0v) is 13.9. The average Bonchev–Trinajstić information content (AvgIpc) is 3.00. The lowest BCUT2D eigenvalue weighted by Crippen LogP contribution is -2.55. The second-order valence-electron chi connectivity index (χ2n) is 6.60. The monoisotopic (exact) mass is 321 g/mol. The Morgan fingerprint density at radius 2 is 2.04 bits per heavy atom. The fourth-order valence-corrected chi connectivity index (χ4v) is 3.43. The van der Waals surface area contributed by atoms with Crippen LogP contribution < -0.4 is 5.73 Å². The topological polar surface area (TPSA) is 76.6 Å². The van der Waals surface area contributed by atoms with Crippen LogP contribution in [-0.2, 0) is 23.1 Å². The Bertz CT molecular complexity index is 518. The Labute approximate surface area is 137 Å². The molecule has 7 nitrogen and oxygen atoms in total. The van der Waals surface area contributed by atoms with Gasteiger partial charge in [-0.25, -0.2) is 0 Å². The predicted molar refractivity (Wildman–Crippen MR) is 86.6 cm³/mol. The van der Waals surface area contributed by atoms with Crippen LogP contribution in [0.5, 0.6) is 0 Å². The number of carbonyl (C=O) groups excluding carboxylic acids is 1. The summed E-state index contributed by atoms with van der Waals surface area (Å²) < 4.78 is 7.17. The molecular weight excluding hydrogens is 294 g/mol. The predicted octanol–water partition coefficient (Wildman–Crippen LogP) is -0.182. The van der Waals surface area contributed by atoms with Gasteiger partial charge >= 0.3 is 0 Å². The van der Waals surface area contributed by atoms with Gasteiger partial charge in [0, 0.05) is 64.7 Å². The van der Waals surface area contributed by atoms with Crippen molar-refractivity contribution in [3.8, 4) is 0 Å². The van der Waals surface area contributed by atoms with Gasteiger partial charge in [-0.15, -0.1) is 0 Å². The molecule has 2 aliphatic rings. The van der Waals surface area contributed by atoms with E-state index in [4.69, 9.17) is 10.5 Å². The minimum Gasteiger partial charge on any atom is -0.381 e. The lowest BCUT2D eigenvalue weighted by Gasteiger charge is -2.37. The number of nitrogens with two attached hydrogens (primary N) is 1. The van der Waals surface area contributed by atoms with Crippen LogP contribution in [0.4, 0.5) is 0 Å². The highest BCUT2D eigenvalue weighted by Gasteiger charge is 2.31. The molecule has 0 aliphatic carbocycles. The van der Waals surface area contributed by atoms with Crippen molar-refractivity contribution in [2.45, 2.75) is 25.4 Å². The highest BCUT2D eigenvalue weighted by atomic mass is 16.5.